The molecule has 1 N–H and O–H groups in total. The first-order valence-corrected chi connectivity index (χ1v) is 16.0. The second-order valence-corrected chi connectivity index (χ2v) is 12.2. The van der Waals surface area contributed by atoms with Crippen molar-refractivity contribution in [2.75, 3.05) is 45.9 Å². The van der Waals surface area contributed by atoms with Gasteiger partial charge >= 0.3 is 6.03 Å². The summed E-state index contributed by atoms with van der Waals surface area (Å²) in [5, 5.41) is 17.7. The summed E-state index contributed by atoms with van der Waals surface area (Å²) in [6.45, 7) is 7.52. The molecule has 2 aromatic rings. The number of urea groups is 1. The zero-order valence-corrected chi connectivity index (χ0v) is 25.9. The van der Waals surface area contributed by atoms with Crippen molar-refractivity contribution in [2.45, 2.75) is 64.2 Å². The molecule has 4 heterocycles. The number of aromatic nitrogens is 1. The average molecular weight is 615 g/mol. The Labute approximate surface area is 259 Å². The molecule has 0 atom stereocenters. The minimum atomic E-state index is -0.233. The van der Waals surface area contributed by atoms with Crippen molar-refractivity contribution in [2.24, 2.45) is 0 Å². The molecule has 0 spiro atoms. The Kier molecular flexibility index (Phi) is 10.5. The van der Waals surface area contributed by atoms with Crippen LogP contribution in [0.3, 0.4) is 0 Å². The van der Waals surface area contributed by atoms with Crippen LogP contribution in [0.15, 0.2) is 48.1 Å². The van der Waals surface area contributed by atoms with Crippen molar-refractivity contribution in [3.05, 3.63) is 69.4 Å². The molecule has 3 saturated heterocycles. The van der Waals surface area contributed by atoms with Crippen molar-refractivity contribution in [3.8, 4) is 5.75 Å². The normalized spacial score (nSPS) is 18.3. The molecular weight excluding hydrogens is 573 g/mol. The number of rotatable bonds is 9. The van der Waals surface area contributed by atoms with Gasteiger partial charge in [-0.2, -0.15) is 0 Å². The Hall–Kier alpha value is -2.97. The van der Waals surface area contributed by atoms with Gasteiger partial charge in [0.15, 0.2) is 12.3 Å². The fourth-order valence-electron chi connectivity index (χ4n) is 6.15. The Morgan fingerprint density at radius 1 is 1.07 bits per heavy atom. The summed E-state index contributed by atoms with van der Waals surface area (Å²) < 4.78 is 8.80. The predicted octanol–water partition coefficient (Wildman–Crippen LogP) is 5.18. The molecule has 226 valence electrons. The number of hydrogen-bond acceptors (Lipinski definition) is 5. The van der Waals surface area contributed by atoms with Crippen LogP contribution < -0.4 is 15.2 Å². The topological polar surface area (TPSA) is 83.8 Å². The molecule has 0 unspecified atom stereocenters. The van der Waals surface area contributed by atoms with E-state index in [2.05, 4.69) is 16.8 Å². The second kappa shape index (κ2) is 14.5. The van der Waals surface area contributed by atoms with Crippen LogP contribution in [-0.2, 0) is 6.42 Å². The monoisotopic (exact) mass is 613 g/mol. The van der Waals surface area contributed by atoms with Crippen LogP contribution in [0.5, 0.6) is 5.75 Å². The quantitative estimate of drug-likeness (QED) is 0.311. The van der Waals surface area contributed by atoms with Gasteiger partial charge in [0.05, 0.1) is 5.69 Å². The molecule has 0 bridgehead atoms. The Morgan fingerprint density at radius 2 is 1.81 bits per heavy atom. The van der Waals surface area contributed by atoms with Crippen LogP contribution in [-0.4, -0.2) is 77.0 Å². The van der Waals surface area contributed by atoms with E-state index in [4.69, 9.17) is 32.9 Å². The maximum atomic E-state index is 13.8. The number of allylic oxidation sites excluding steroid dienone is 1. The number of nitrogens with zero attached hydrogens (tertiary/aromatic N) is 4. The molecular formula is C32H41Cl2N5O3. The summed E-state index contributed by atoms with van der Waals surface area (Å²) in [5.74, 6) is 0.850. The second-order valence-electron chi connectivity index (χ2n) is 11.4. The highest BCUT2D eigenvalue weighted by molar-refractivity contribution is 6.35. The van der Waals surface area contributed by atoms with E-state index < -0.39 is 0 Å². The summed E-state index contributed by atoms with van der Waals surface area (Å²) in [7, 11) is 0. The van der Waals surface area contributed by atoms with Gasteiger partial charge in [0.2, 0.25) is 0 Å². The van der Waals surface area contributed by atoms with E-state index in [9.17, 15) is 9.90 Å². The summed E-state index contributed by atoms with van der Waals surface area (Å²) in [6, 6.07) is 8.91. The van der Waals surface area contributed by atoms with Crippen LogP contribution in [0, 0.1) is 0 Å². The van der Waals surface area contributed by atoms with Gasteiger partial charge in [0.25, 0.3) is 0 Å². The lowest BCUT2D eigenvalue weighted by molar-refractivity contribution is -0.508. The first-order valence-electron chi connectivity index (χ1n) is 15.2. The lowest BCUT2D eigenvalue weighted by Gasteiger charge is -2.39. The van der Waals surface area contributed by atoms with Gasteiger partial charge in [0.1, 0.15) is 18.8 Å². The fraction of sp³-hybridized carbons (Fsp3) is 0.531. The first kappa shape index (κ1) is 30.5. The zero-order chi connectivity index (χ0) is 29.5. The lowest BCUT2D eigenvalue weighted by atomic mass is 9.92. The molecule has 3 fully saturated rings. The number of pyridine rings is 1. The predicted molar refractivity (Wildman–Crippen MR) is 164 cm³/mol. The smallest absolute Gasteiger partial charge is 0.321 e. The molecule has 1 aromatic heterocycles. The van der Waals surface area contributed by atoms with E-state index in [1.165, 1.54) is 18.6 Å². The molecule has 10 heteroatoms. The van der Waals surface area contributed by atoms with E-state index >= 15 is 0 Å². The molecule has 3 aliphatic heterocycles. The molecule has 5 rings (SSSR count). The third kappa shape index (κ3) is 7.51. The number of likely N-dealkylation sites (tertiary alicyclic amines) is 2. The van der Waals surface area contributed by atoms with Crippen molar-refractivity contribution >= 4 is 34.9 Å². The van der Waals surface area contributed by atoms with Crippen LogP contribution in [0.4, 0.5) is 4.79 Å². The third-order valence-corrected chi connectivity index (χ3v) is 9.20. The van der Waals surface area contributed by atoms with E-state index in [0.29, 0.717) is 48.5 Å². The minimum Gasteiger partial charge on any atom is -0.859 e. The number of amides is 2. The number of halogens is 2. The summed E-state index contributed by atoms with van der Waals surface area (Å²) in [5.41, 5.74) is 3.37. The maximum absolute atomic E-state index is 13.8. The fourth-order valence-corrected chi connectivity index (χ4v) is 6.62. The standard InChI is InChI=1S/C32H41Cl2N5O3/c1-2-26(37-14-3-4-15-37)22-42-29-8-7-13-35-30(29)23-11-18-38(19-12-23)31(40)28(36-32(41)39-16-5-6-17-39)20-24-9-10-25(33)21-27(24)34/h7-10,13,21,23H,2-6,11-12,14-20,22H2,1H3,(H-,36,40,41). The van der Waals surface area contributed by atoms with Crippen molar-refractivity contribution in [1.29, 1.82) is 0 Å². The average Bonchev–Trinajstić information content (AvgIpc) is 3.74. The number of benzene rings is 1. The number of piperidine rings is 1. The van der Waals surface area contributed by atoms with Crippen molar-refractivity contribution in [1.82, 2.24) is 20.1 Å². The van der Waals surface area contributed by atoms with Crippen molar-refractivity contribution in [3.63, 3.8) is 0 Å². The Morgan fingerprint density at radius 3 is 2.50 bits per heavy atom. The molecule has 42 heavy (non-hydrogen) atoms. The van der Waals surface area contributed by atoms with E-state index in [1.807, 2.05) is 23.2 Å². The zero-order valence-electron chi connectivity index (χ0n) is 24.4. The van der Waals surface area contributed by atoms with Gasteiger partial charge in [-0.25, -0.2) is 9.37 Å². The van der Waals surface area contributed by atoms with Gasteiger partial charge in [-0.15, -0.1) is 0 Å². The van der Waals surface area contributed by atoms with Crippen LogP contribution in [0.1, 0.15) is 69.0 Å². The Bertz CT molecular complexity index is 1310. The number of carbonyl (C=O) groups is 1. The van der Waals surface area contributed by atoms with Gasteiger partial charge in [-0.1, -0.05) is 36.2 Å². The summed E-state index contributed by atoms with van der Waals surface area (Å²) in [4.78, 5) is 21.3. The molecule has 1 aromatic carbocycles. The molecule has 3 aliphatic rings. The van der Waals surface area contributed by atoms with Gasteiger partial charge < -0.3 is 25.0 Å². The van der Waals surface area contributed by atoms with Crippen LogP contribution in [0.25, 0.3) is 0 Å². The highest BCUT2D eigenvalue weighted by Crippen LogP contribution is 2.34. The largest absolute Gasteiger partial charge is 0.859 e. The van der Waals surface area contributed by atoms with Crippen LogP contribution >= 0.6 is 23.2 Å². The summed E-state index contributed by atoms with van der Waals surface area (Å²) >= 11 is 12.5. The highest BCUT2D eigenvalue weighted by atomic mass is 35.5. The molecule has 2 amide bonds. The summed E-state index contributed by atoms with van der Waals surface area (Å²) in [6.07, 6.45) is 8.99. The SMILES string of the molecule is CCC(COc1cccnc1C1CCN(C([O-])=C(Cc2ccc(Cl)cc2Cl)NC(=O)N2CCCC2)CC1)=[N+]1CCCC1. The van der Waals surface area contributed by atoms with Crippen LogP contribution in [0.2, 0.25) is 10.0 Å². The third-order valence-electron chi connectivity index (χ3n) is 8.62. The highest BCUT2D eigenvalue weighted by Gasteiger charge is 2.27. The molecule has 0 radical (unpaired) electrons. The van der Waals surface area contributed by atoms with Crippen molar-refractivity contribution < 1.29 is 19.2 Å². The van der Waals surface area contributed by atoms with Gasteiger partial charge in [-0.3, -0.25) is 4.98 Å². The van der Waals surface area contributed by atoms with E-state index in [0.717, 1.165) is 62.2 Å². The number of nitrogens with one attached hydrogen (secondary N) is 1. The first-order chi connectivity index (χ1) is 20.4. The molecule has 0 saturated carbocycles. The molecule has 0 aliphatic carbocycles. The number of ether oxygens (including phenoxy) is 1. The number of hydrogen-bond donors (Lipinski definition) is 1. The lowest BCUT2D eigenvalue weighted by Crippen LogP contribution is -2.43. The Balaban J connectivity index is 1.29. The van der Waals surface area contributed by atoms with Gasteiger partial charge in [0, 0.05) is 79.7 Å². The van der Waals surface area contributed by atoms with Gasteiger partial charge in [-0.05, 0) is 61.4 Å². The van der Waals surface area contributed by atoms with E-state index in [-0.39, 0.29) is 24.3 Å². The minimum absolute atomic E-state index is 0.169. The number of carbonyl (C=O) groups excluding carboxylic acids is 1. The molecule has 8 nitrogen and oxygen atoms in total. The van der Waals surface area contributed by atoms with E-state index in [1.54, 1.807) is 23.1 Å². The maximum Gasteiger partial charge on any atom is 0.321 e.